The molecule has 26 heavy (non-hydrogen) atoms. The van der Waals surface area contributed by atoms with Crippen LogP contribution in [0.5, 0.6) is 0 Å². The second-order valence-corrected chi connectivity index (χ2v) is 8.79. The topological polar surface area (TPSA) is 66.5 Å². The van der Waals surface area contributed by atoms with Crippen molar-refractivity contribution < 1.29 is 13.2 Å². The molecule has 1 amide bonds. The molecule has 0 heterocycles. The number of sulfonamides is 1. The summed E-state index contributed by atoms with van der Waals surface area (Å²) in [5.41, 5.74) is 3.79. The monoisotopic (exact) mass is 372 g/mol. The van der Waals surface area contributed by atoms with E-state index in [0.717, 1.165) is 22.7 Å². The lowest BCUT2D eigenvalue weighted by atomic mass is 10.0. The highest BCUT2D eigenvalue weighted by Gasteiger charge is 2.23. The second-order valence-electron chi connectivity index (χ2n) is 6.75. The van der Waals surface area contributed by atoms with E-state index in [4.69, 9.17) is 0 Å². The van der Waals surface area contributed by atoms with E-state index in [9.17, 15) is 13.2 Å². The third-order valence-corrected chi connectivity index (χ3v) is 6.64. The SMILES string of the molecule is C[C@H](NC(=O)CN(C)S(=O)(=O)c1ccccc1)c1ccc2c(c1)CCC2. The highest BCUT2D eigenvalue weighted by molar-refractivity contribution is 7.89. The van der Waals surface area contributed by atoms with Crippen LogP contribution in [0.3, 0.4) is 0 Å². The van der Waals surface area contributed by atoms with Crippen molar-refractivity contribution >= 4 is 15.9 Å². The quantitative estimate of drug-likeness (QED) is 0.848. The first kappa shape index (κ1) is 18.6. The summed E-state index contributed by atoms with van der Waals surface area (Å²) in [5.74, 6) is -0.319. The van der Waals surface area contributed by atoms with E-state index >= 15 is 0 Å². The van der Waals surface area contributed by atoms with Crippen molar-refractivity contribution in [2.24, 2.45) is 0 Å². The Balaban J connectivity index is 1.63. The summed E-state index contributed by atoms with van der Waals surface area (Å²) in [4.78, 5) is 12.5. The summed E-state index contributed by atoms with van der Waals surface area (Å²) >= 11 is 0. The van der Waals surface area contributed by atoms with E-state index in [2.05, 4.69) is 17.4 Å². The molecule has 0 saturated heterocycles. The summed E-state index contributed by atoms with van der Waals surface area (Å²) < 4.78 is 26.1. The molecule has 3 rings (SSSR count). The van der Waals surface area contributed by atoms with Gasteiger partial charge in [-0.2, -0.15) is 4.31 Å². The Morgan fingerprint density at radius 1 is 1.12 bits per heavy atom. The van der Waals surface area contributed by atoms with Gasteiger partial charge in [-0.3, -0.25) is 4.79 Å². The van der Waals surface area contributed by atoms with Crippen molar-refractivity contribution in [2.75, 3.05) is 13.6 Å². The number of amides is 1. The van der Waals surface area contributed by atoms with Crippen LogP contribution in [0, 0.1) is 0 Å². The van der Waals surface area contributed by atoms with Gasteiger partial charge >= 0.3 is 0 Å². The molecule has 5 nitrogen and oxygen atoms in total. The molecular weight excluding hydrogens is 348 g/mol. The van der Waals surface area contributed by atoms with E-state index in [1.807, 2.05) is 13.0 Å². The molecule has 2 aromatic rings. The van der Waals surface area contributed by atoms with Crippen LogP contribution in [0.25, 0.3) is 0 Å². The molecule has 2 aromatic carbocycles. The van der Waals surface area contributed by atoms with E-state index in [1.54, 1.807) is 18.2 Å². The first-order valence-electron chi connectivity index (χ1n) is 8.80. The van der Waals surface area contributed by atoms with Gasteiger partial charge in [0.2, 0.25) is 15.9 Å². The van der Waals surface area contributed by atoms with Gasteiger partial charge in [-0.05, 0) is 55.0 Å². The average Bonchev–Trinajstić information content (AvgIpc) is 3.09. The van der Waals surface area contributed by atoms with Gasteiger partial charge in [-0.25, -0.2) is 8.42 Å². The molecular formula is C20H24N2O3S. The van der Waals surface area contributed by atoms with Gasteiger partial charge in [0.15, 0.2) is 0 Å². The summed E-state index contributed by atoms with van der Waals surface area (Å²) in [5, 5.41) is 2.90. The maximum Gasteiger partial charge on any atom is 0.243 e. The van der Waals surface area contributed by atoms with Crippen LogP contribution in [0.4, 0.5) is 0 Å². The molecule has 0 aromatic heterocycles. The molecule has 0 spiro atoms. The fraction of sp³-hybridized carbons (Fsp3) is 0.350. The number of rotatable bonds is 6. The zero-order chi connectivity index (χ0) is 18.7. The van der Waals surface area contributed by atoms with Gasteiger partial charge in [0, 0.05) is 7.05 Å². The first-order chi connectivity index (χ1) is 12.4. The van der Waals surface area contributed by atoms with Crippen molar-refractivity contribution in [1.82, 2.24) is 9.62 Å². The van der Waals surface area contributed by atoms with Crippen LogP contribution in [0.2, 0.25) is 0 Å². The zero-order valence-electron chi connectivity index (χ0n) is 15.1. The van der Waals surface area contributed by atoms with Gasteiger partial charge in [0.25, 0.3) is 0 Å². The van der Waals surface area contributed by atoms with Crippen LogP contribution in [0.15, 0.2) is 53.4 Å². The molecule has 138 valence electrons. The Kier molecular flexibility index (Phi) is 5.44. The van der Waals surface area contributed by atoms with Crippen LogP contribution in [-0.4, -0.2) is 32.2 Å². The average molecular weight is 372 g/mol. The summed E-state index contributed by atoms with van der Waals surface area (Å²) in [6.07, 6.45) is 3.39. The van der Waals surface area contributed by atoms with Gasteiger partial charge in [0.05, 0.1) is 17.5 Å². The first-order valence-corrected chi connectivity index (χ1v) is 10.2. The number of carbonyl (C=O) groups excluding carboxylic acids is 1. The normalized spacial score (nSPS) is 14.9. The molecule has 1 N–H and O–H groups in total. The maximum atomic E-state index is 12.5. The Bertz CT molecular complexity index is 895. The van der Waals surface area contributed by atoms with Crippen LogP contribution >= 0.6 is 0 Å². The van der Waals surface area contributed by atoms with Crippen molar-refractivity contribution in [3.8, 4) is 0 Å². The van der Waals surface area contributed by atoms with Crippen molar-refractivity contribution in [1.29, 1.82) is 0 Å². The molecule has 0 radical (unpaired) electrons. The second kappa shape index (κ2) is 7.60. The number of hydrogen-bond acceptors (Lipinski definition) is 3. The van der Waals surface area contributed by atoms with E-state index in [-0.39, 0.29) is 23.4 Å². The predicted octanol–water partition coefficient (Wildman–Crippen LogP) is 2.67. The number of carbonyl (C=O) groups is 1. The predicted molar refractivity (Wildman–Crippen MR) is 101 cm³/mol. The molecule has 0 fully saturated rings. The van der Waals surface area contributed by atoms with E-state index in [1.165, 1.54) is 36.7 Å². The van der Waals surface area contributed by atoms with E-state index in [0.29, 0.717) is 0 Å². The Labute approximate surface area is 155 Å². The van der Waals surface area contributed by atoms with Crippen LogP contribution in [0.1, 0.15) is 36.1 Å². The molecule has 0 unspecified atom stereocenters. The summed E-state index contributed by atoms with van der Waals surface area (Å²) in [6, 6.07) is 14.3. The fourth-order valence-electron chi connectivity index (χ4n) is 3.29. The summed E-state index contributed by atoms with van der Waals surface area (Å²) in [7, 11) is -2.25. The lowest BCUT2D eigenvalue weighted by Crippen LogP contribution is -2.39. The van der Waals surface area contributed by atoms with Crippen LogP contribution < -0.4 is 5.32 Å². The number of nitrogens with one attached hydrogen (secondary N) is 1. The van der Waals surface area contributed by atoms with Gasteiger partial charge in [-0.1, -0.05) is 36.4 Å². The minimum absolute atomic E-state index is 0.166. The minimum Gasteiger partial charge on any atom is -0.348 e. The van der Waals surface area contributed by atoms with Crippen molar-refractivity contribution in [3.63, 3.8) is 0 Å². The van der Waals surface area contributed by atoms with Gasteiger partial charge in [0.1, 0.15) is 0 Å². The molecule has 0 bridgehead atoms. The maximum absolute atomic E-state index is 12.5. The molecule has 1 atom stereocenters. The number of fused-ring (bicyclic) bond motifs is 1. The van der Waals surface area contributed by atoms with Gasteiger partial charge in [-0.15, -0.1) is 0 Å². The van der Waals surface area contributed by atoms with Crippen molar-refractivity contribution in [3.05, 3.63) is 65.2 Å². The largest absolute Gasteiger partial charge is 0.348 e. The Morgan fingerprint density at radius 3 is 2.54 bits per heavy atom. The lowest BCUT2D eigenvalue weighted by molar-refractivity contribution is -0.121. The van der Waals surface area contributed by atoms with Gasteiger partial charge < -0.3 is 5.32 Å². The fourth-order valence-corrected chi connectivity index (χ4v) is 4.44. The molecule has 0 saturated carbocycles. The zero-order valence-corrected chi connectivity index (χ0v) is 15.9. The Morgan fingerprint density at radius 2 is 1.81 bits per heavy atom. The number of nitrogens with zero attached hydrogens (tertiary/aromatic N) is 1. The number of aryl methyl sites for hydroxylation is 2. The molecule has 6 heteroatoms. The third kappa shape index (κ3) is 3.97. The number of hydrogen-bond donors (Lipinski definition) is 1. The number of likely N-dealkylation sites (N-methyl/N-ethyl adjacent to an activating group) is 1. The van der Waals surface area contributed by atoms with Crippen LogP contribution in [-0.2, 0) is 27.7 Å². The lowest BCUT2D eigenvalue weighted by Gasteiger charge is -2.20. The highest BCUT2D eigenvalue weighted by atomic mass is 32.2. The number of benzene rings is 2. The smallest absolute Gasteiger partial charge is 0.243 e. The Hall–Kier alpha value is -2.18. The van der Waals surface area contributed by atoms with Crippen molar-refractivity contribution in [2.45, 2.75) is 37.1 Å². The molecule has 1 aliphatic carbocycles. The molecule has 0 aliphatic heterocycles. The molecule has 1 aliphatic rings. The standard InChI is InChI=1S/C20H24N2O3S/c1-15(17-12-11-16-7-6-8-18(16)13-17)21-20(23)14-22(2)26(24,25)19-9-4-3-5-10-19/h3-5,9-13,15H,6-8,14H2,1-2H3,(H,21,23)/t15-/m0/s1. The summed E-state index contributed by atoms with van der Waals surface area (Å²) in [6.45, 7) is 1.70. The minimum atomic E-state index is -3.67. The highest BCUT2D eigenvalue weighted by Crippen LogP contribution is 2.25. The third-order valence-electron chi connectivity index (χ3n) is 4.82. The van der Waals surface area contributed by atoms with E-state index < -0.39 is 10.0 Å².